The van der Waals surface area contributed by atoms with Crippen LogP contribution in [0.2, 0.25) is 0 Å². The molecule has 1 aromatic heterocycles. The fraction of sp³-hybridized carbons (Fsp3) is 0.500. The van der Waals surface area contributed by atoms with Crippen LogP contribution in [0.4, 0.5) is 0 Å². The van der Waals surface area contributed by atoms with E-state index < -0.39 is 0 Å². The predicted molar refractivity (Wildman–Crippen MR) is 133 cm³/mol. The van der Waals surface area contributed by atoms with Crippen molar-refractivity contribution in [2.75, 3.05) is 32.6 Å². The van der Waals surface area contributed by atoms with Crippen LogP contribution < -0.4 is 5.56 Å². The maximum absolute atomic E-state index is 14.0. The molecule has 1 spiro atoms. The fourth-order valence-corrected chi connectivity index (χ4v) is 6.07. The summed E-state index contributed by atoms with van der Waals surface area (Å²) >= 11 is 1.54. The van der Waals surface area contributed by atoms with Gasteiger partial charge in [-0.2, -0.15) is 0 Å². The quantitative estimate of drug-likeness (QED) is 0.254. The maximum atomic E-state index is 14.0. The molecule has 176 valence electrons. The topological polar surface area (TPSA) is 64.4 Å². The number of ether oxygens (including phenoxy) is 1. The van der Waals surface area contributed by atoms with Gasteiger partial charge in [-0.25, -0.2) is 4.98 Å². The number of piperidine rings is 1. The van der Waals surface area contributed by atoms with E-state index in [0.717, 1.165) is 48.3 Å². The minimum absolute atomic E-state index is 0.0302. The molecule has 0 radical (unpaired) electrons. The van der Waals surface area contributed by atoms with E-state index in [-0.39, 0.29) is 16.9 Å². The molecule has 2 aliphatic rings. The average molecular weight is 468 g/mol. The number of fused-ring (bicyclic) bond motifs is 4. The standard InChI is InChI=1S/C26H33N3O3S/c1-4-8-21(30)28-14-11-26(12-15-28)18-19-9-6-7-10-20(19)23-22(26)24(31)29(13-5-2)25(27-23)33-17-16-32-3/h5-7,9-10H,2,4,8,11-18H2,1,3H3. The first kappa shape index (κ1) is 23.8. The van der Waals surface area contributed by atoms with Gasteiger partial charge in [0.05, 0.1) is 17.9 Å². The number of hydrogen-bond acceptors (Lipinski definition) is 5. The zero-order valence-corrected chi connectivity index (χ0v) is 20.5. The van der Waals surface area contributed by atoms with Crippen molar-refractivity contribution < 1.29 is 9.53 Å². The summed E-state index contributed by atoms with van der Waals surface area (Å²) in [6, 6.07) is 8.31. The molecule has 33 heavy (non-hydrogen) atoms. The second kappa shape index (κ2) is 10.3. The highest BCUT2D eigenvalue weighted by atomic mass is 32.2. The monoisotopic (exact) mass is 467 g/mol. The Bertz CT molecular complexity index is 1090. The van der Waals surface area contributed by atoms with Gasteiger partial charge in [0, 0.05) is 49.9 Å². The second-order valence-corrected chi connectivity index (χ2v) is 9.97. The Morgan fingerprint density at radius 2 is 2.06 bits per heavy atom. The number of aromatic nitrogens is 2. The van der Waals surface area contributed by atoms with E-state index in [1.807, 2.05) is 17.9 Å². The zero-order chi connectivity index (χ0) is 23.4. The van der Waals surface area contributed by atoms with E-state index in [0.29, 0.717) is 37.8 Å². The Hall–Kier alpha value is -2.38. The van der Waals surface area contributed by atoms with Crippen LogP contribution in [0.15, 0.2) is 46.9 Å². The first-order chi connectivity index (χ1) is 16.0. The maximum Gasteiger partial charge on any atom is 0.258 e. The lowest BCUT2D eigenvalue weighted by Gasteiger charge is -2.45. The lowest BCUT2D eigenvalue weighted by molar-refractivity contribution is -0.132. The largest absolute Gasteiger partial charge is 0.384 e. The van der Waals surface area contributed by atoms with Crippen molar-refractivity contribution in [3.05, 3.63) is 58.4 Å². The molecule has 1 fully saturated rings. The normalized spacial score (nSPS) is 16.4. The summed E-state index contributed by atoms with van der Waals surface area (Å²) in [4.78, 5) is 33.6. The summed E-state index contributed by atoms with van der Waals surface area (Å²) in [6.45, 7) is 8.29. The van der Waals surface area contributed by atoms with Crippen LogP contribution in [0.3, 0.4) is 0 Å². The van der Waals surface area contributed by atoms with Gasteiger partial charge in [-0.15, -0.1) is 6.58 Å². The molecule has 0 unspecified atom stereocenters. The SMILES string of the molecule is C=CCn1c(SCCOC)nc2c(c1=O)C1(CCN(C(=O)CCC)CC1)Cc1ccccc1-2. The van der Waals surface area contributed by atoms with Crippen LogP contribution in [-0.2, 0) is 27.9 Å². The van der Waals surface area contributed by atoms with Gasteiger partial charge in [-0.3, -0.25) is 14.2 Å². The van der Waals surface area contributed by atoms with Crippen molar-refractivity contribution in [2.24, 2.45) is 0 Å². The number of rotatable bonds is 8. The molecule has 0 saturated carbocycles. The Balaban J connectivity index is 1.81. The number of nitrogens with zero attached hydrogens (tertiary/aromatic N) is 3. The number of likely N-dealkylation sites (tertiary alicyclic amines) is 1. The Morgan fingerprint density at radius 1 is 1.30 bits per heavy atom. The van der Waals surface area contributed by atoms with Crippen molar-refractivity contribution in [2.45, 2.75) is 56.1 Å². The van der Waals surface area contributed by atoms with E-state index in [9.17, 15) is 9.59 Å². The molecule has 0 bridgehead atoms. The third kappa shape index (κ3) is 4.53. The number of allylic oxidation sites excluding steroid dienone is 1. The minimum atomic E-state index is -0.296. The van der Waals surface area contributed by atoms with E-state index in [4.69, 9.17) is 9.72 Å². The molecule has 1 aliphatic heterocycles. The van der Waals surface area contributed by atoms with Crippen molar-refractivity contribution in [1.82, 2.24) is 14.5 Å². The highest BCUT2D eigenvalue weighted by Gasteiger charge is 2.45. The average Bonchev–Trinajstić information content (AvgIpc) is 2.82. The van der Waals surface area contributed by atoms with Crippen LogP contribution in [-0.4, -0.2) is 52.9 Å². The Kier molecular flexibility index (Phi) is 7.39. The van der Waals surface area contributed by atoms with Crippen LogP contribution in [0, 0.1) is 0 Å². The summed E-state index contributed by atoms with van der Waals surface area (Å²) in [7, 11) is 1.68. The minimum Gasteiger partial charge on any atom is -0.384 e. The third-order valence-electron chi connectivity index (χ3n) is 6.83. The Labute approximate surface area is 200 Å². The van der Waals surface area contributed by atoms with E-state index in [1.165, 1.54) is 5.56 Å². The molecule has 1 aromatic carbocycles. The van der Waals surface area contributed by atoms with Crippen LogP contribution in [0.5, 0.6) is 0 Å². The van der Waals surface area contributed by atoms with Gasteiger partial charge in [0.25, 0.3) is 5.56 Å². The number of amides is 1. The van der Waals surface area contributed by atoms with Gasteiger partial charge >= 0.3 is 0 Å². The Morgan fingerprint density at radius 3 is 2.76 bits per heavy atom. The number of benzene rings is 1. The molecule has 2 heterocycles. The number of methoxy groups -OCH3 is 1. The summed E-state index contributed by atoms with van der Waals surface area (Å²) in [5, 5.41) is 0.707. The highest BCUT2D eigenvalue weighted by molar-refractivity contribution is 7.99. The van der Waals surface area contributed by atoms with E-state index in [1.54, 1.807) is 29.5 Å². The van der Waals surface area contributed by atoms with Gasteiger partial charge in [-0.1, -0.05) is 49.0 Å². The fourth-order valence-electron chi connectivity index (χ4n) is 5.17. The summed E-state index contributed by atoms with van der Waals surface area (Å²) in [5.41, 5.74) is 3.66. The number of carbonyl (C=O) groups excluding carboxylic acids is 1. The van der Waals surface area contributed by atoms with Gasteiger partial charge < -0.3 is 9.64 Å². The molecular weight excluding hydrogens is 434 g/mol. The van der Waals surface area contributed by atoms with Gasteiger partial charge in [0.15, 0.2) is 5.16 Å². The smallest absolute Gasteiger partial charge is 0.258 e. The van der Waals surface area contributed by atoms with Gasteiger partial charge in [0.2, 0.25) is 5.91 Å². The predicted octanol–water partition coefficient (Wildman–Crippen LogP) is 4.05. The zero-order valence-electron chi connectivity index (χ0n) is 19.6. The molecule has 0 atom stereocenters. The summed E-state index contributed by atoms with van der Waals surface area (Å²) in [5.74, 6) is 0.941. The van der Waals surface area contributed by atoms with Gasteiger partial charge in [0.1, 0.15) is 0 Å². The summed E-state index contributed by atoms with van der Waals surface area (Å²) < 4.78 is 6.97. The molecule has 0 N–H and O–H groups in total. The summed E-state index contributed by atoms with van der Waals surface area (Å²) in [6.07, 6.45) is 5.58. The van der Waals surface area contributed by atoms with Crippen molar-refractivity contribution in [3.63, 3.8) is 0 Å². The molecule has 4 rings (SSSR count). The highest BCUT2D eigenvalue weighted by Crippen LogP contribution is 2.46. The molecular formula is C26H33N3O3S. The molecule has 1 aliphatic carbocycles. The first-order valence-electron chi connectivity index (χ1n) is 11.8. The van der Waals surface area contributed by atoms with E-state index in [2.05, 4.69) is 24.8 Å². The lowest BCUT2D eigenvalue weighted by Crippen LogP contribution is -2.50. The molecule has 6 nitrogen and oxygen atoms in total. The van der Waals surface area contributed by atoms with Crippen LogP contribution in [0.25, 0.3) is 11.3 Å². The molecule has 1 amide bonds. The van der Waals surface area contributed by atoms with Crippen molar-refractivity contribution in [1.29, 1.82) is 0 Å². The van der Waals surface area contributed by atoms with Crippen molar-refractivity contribution in [3.8, 4) is 11.3 Å². The van der Waals surface area contributed by atoms with Crippen molar-refractivity contribution >= 4 is 17.7 Å². The lowest BCUT2D eigenvalue weighted by atomic mass is 9.64. The molecule has 7 heteroatoms. The number of carbonyl (C=O) groups is 1. The third-order valence-corrected chi connectivity index (χ3v) is 7.77. The molecule has 1 saturated heterocycles. The number of hydrogen-bond donors (Lipinski definition) is 0. The van der Waals surface area contributed by atoms with E-state index >= 15 is 0 Å². The van der Waals surface area contributed by atoms with Crippen LogP contribution >= 0.6 is 11.8 Å². The van der Waals surface area contributed by atoms with Gasteiger partial charge in [-0.05, 0) is 31.2 Å². The molecule has 2 aromatic rings. The first-order valence-corrected chi connectivity index (χ1v) is 12.8. The number of thioether (sulfide) groups is 1. The second-order valence-electron chi connectivity index (χ2n) is 8.91. The van der Waals surface area contributed by atoms with Crippen LogP contribution in [0.1, 0.15) is 43.7 Å².